The van der Waals surface area contributed by atoms with Gasteiger partial charge in [0.1, 0.15) is 0 Å². The van der Waals surface area contributed by atoms with Gasteiger partial charge < -0.3 is 0 Å². The van der Waals surface area contributed by atoms with Crippen molar-refractivity contribution in [2.75, 3.05) is 0 Å². The SMILES string of the molecule is Cc1ccc(S(=O)(=O)N=P(c2ccccc2)(c2ccccc2)c2ccccc2)cc1. The minimum atomic E-state index is -3.90. The summed E-state index contributed by atoms with van der Waals surface area (Å²) in [7, 11) is -6.72. The van der Waals surface area contributed by atoms with Gasteiger partial charge in [-0.2, -0.15) is 12.6 Å². The number of aryl methyl sites for hydroxylation is 1. The van der Waals surface area contributed by atoms with Gasteiger partial charge in [0.25, 0.3) is 10.0 Å². The van der Waals surface area contributed by atoms with E-state index in [1.165, 1.54) is 0 Å². The molecule has 0 radical (unpaired) electrons. The van der Waals surface area contributed by atoms with Gasteiger partial charge in [-0.15, -0.1) is 0 Å². The molecule has 5 heteroatoms. The van der Waals surface area contributed by atoms with Crippen molar-refractivity contribution in [3.05, 3.63) is 121 Å². The molecule has 4 aromatic carbocycles. The van der Waals surface area contributed by atoms with Gasteiger partial charge in [-0.1, -0.05) is 109 Å². The number of rotatable bonds is 5. The Labute approximate surface area is 178 Å². The molecule has 150 valence electrons. The molecule has 0 N–H and O–H groups in total. The van der Waals surface area contributed by atoms with Crippen LogP contribution in [-0.2, 0) is 10.0 Å². The van der Waals surface area contributed by atoms with Crippen LogP contribution in [0.25, 0.3) is 0 Å². The van der Waals surface area contributed by atoms with Crippen LogP contribution in [0.3, 0.4) is 0 Å². The Bertz CT molecular complexity index is 1180. The molecular formula is C25H22NO2PS. The normalized spacial score (nSPS) is 11.8. The maximum absolute atomic E-state index is 13.5. The predicted molar refractivity (Wildman–Crippen MR) is 126 cm³/mol. The number of sulfonamides is 1. The summed E-state index contributed by atoms with van der Waals surface area (Å²) in [6.07, 6.45) is 0. The molecule has 0 fully saturated rings. The van der Waals surface area contributed by atoms with Gasteiger partial charge in [0.05, 0.1) is 11.9 Å². The van der Waals surface area contributed by atoms with Crippen molar-refractivity contribution in [2.45, 2.75) is 11.8 Å². The Morgan fingerprint density at radius 1 is 0.567 bits per heavy atom. The summed E-state index contributed by atoms with van der Waals surface area (Å²) >= 11 is 0. The van der Waals surface area contributed by atoms with Crippen LogP contribution in [0.5, 0.6) is 0 Å². The van der Waals surface area contributed by atoms with E-state index in [-0.39, 0.29) is 4.90 Å². The Kier molecular flexibility index (Phi) is 5.72. The second-order valence-corrected chi connectivity index (χ2v) is 11.9. The average molecular weight is 431 g/mol. The second-order valence-electron chi connectivity index (χ2n) is 7.01. The standard InChI is InChI=1S/C25H22NO2PS/c1-21-17-19-25(20-18-21)30(27,28)26-29(22-11-5-2-6-12-22,23-13-7-3-8-14-23)24-15-9-4-10-16-24/h2-20H,1H3. The van der Waals surface area contributed by atoms with Crippen LogP contribution in [0.15, 0.2) is 124 Å². The molecule has 0 aromatic heterocycles. The van der Waals surface area contributed by atoms with Gasteiger partial charge in [0, 0.05) is 15.9 Å². The fourth-order valence-corrected chi connectivity index (χ4v) is 9.42. The molecule has 0 aliphatic carbocycles. The van der Waals surface area contributed by atoms with E-state index in [1.807, 2.05) is 97.9 Å². The molecule has 0 bridgehead atoms. The molecule has 0 atom stereocenters. The van der Waals surface area contributed by atoms with Crippen LogP contribution in [0.1, 0.15) is 5.56 Å². The first-order chi connectivity index (χ1) is 14.5. The predicted octanol–water partition coefficient (Wildman–Crippen LogP) is 4.86. The zero-order valence-corrected chi connectivity index (χ0v) is 18.3. The first-order valence-corrected chi connectivity index (χ1v) is 12.8. The molecule has 4 aromatic rings. The van der Waals surface area contributed by atoms with E-state index in [9.17, 15) is 8.42 Å². The Balaban J connectivity index is 2.13. The van der Waals surface area contributed by atoms with E-state index in [2.05, 4.69) is 0 Å². The van der Waals surface area contributed by atoms with Crippen LogP contribution in [0.4, 0.5) is 0 Å². The van der Waals surface area contributed by atoms with Crippen LogP contribution >= 0.6 is 7.05 Å². The molecule has 0 unspecified atom stereocenters. The highest BCUT2D eigenvalue weighted by molar-refractivity contribution is 7.99. The zero-order valence-electron chi connectivity index (χ0n) is 16.6. The van der Waals surface area contributed by atoms with Crippen LogP contribution in [0.2, 0.25) is 0 Å². The van der Waals surface area contributed by atoms with E-state index in [4.69, 9.17) is 4.15 Å². The van der Waals surface area contributed by atoms with Gasteiger partial charge in [-0.25, -0.2) is 0 Å². The molecule has 4 rings (SSSR count). The molecule has 0 aliphatic heterocycles. The fourth-order valence-electron chi connectivity index (χ4n) is 3.44. The van der Waals surface area contributed by atoms with Gasteiger partial charge in [0.2, 0.25) is 0 Å². The van der Waals surface area contributed by atoms with Gasteiger partial charge in [-0.05, 0) is 19.1 Å². The number of hydrogen-bond donors (Lipinski definition) is 0. The first-order valence-electron chi connectivity index (χ1n) is 9.64. The minimum Gasteiger partial charge on any atom is -0.199 e. The van der Waals surface area contributed by atoms with E-state index >= 15 is 0 Å². The Hall–Kier alpha value is -2.94. The minimum absolute atomic E-state index is 0.209. The molecule has 30 heavy (non-hydrogen) atoms. The van der Waals surface area contributed by atoms with Crippen LogP contribution < -0.4 is 15.9 Å². The third kappa shape index (κ3) is 3.89. The van der Waals surface area contributed by atoms with Crippen molar-refractivity contribution in [1.82, 2.24) is 0 Å². The maximum Gasteiger partial charge on any atom is 0.281 e. The lowest BCUT2D eigenvalue weighted by atomic mass is 10.2. The highest BCUT2D eigenvalue weighted by atomic mass is 32.2. The number of benzene rings is 4. The van der Waals surface area contributed by atoms with Crippen molar-refractivity contribution in [3.8, 4) is 0 Å². The summed E-state index contributed by atoms with van der Waals surface area (Å²) in [5.41, 5.74) is 1.00. The summed E-state index contributed by atoms with van der Waals surface area (Å²) in [5, 5.41) is 2.70. The van der Waals surface area contributed by atoms with Crippen LogP contribution in [-0.4, -0.2) is 8.42 Å². The Morgan fingerprint density at radius 3 is 1.30 bits per heavy atom. The lowest BCUT2D eigenvalue weighted by molar-refractivity contribution is 0.598. The third-order valence-electron chi connectivity index (χ3n) is 4.94. The fraction of sp³-hybridized carbons (Fsp3) is 0.0400. The molecule has 0 saturated heterocycles. The summed E-state index contributed by atoms with van der Waals surface area (Å²) in [6.45, 7) is 1.93. The van der Waals surface area contributed by atoms with Gasteiger partial charge >= 0.3 is 0 Å². The molecule has 0 spiro atoms. The summed E-state index contributed by atoms with van der Waals surface area (Å²) in [4.78, 5) is 0.209. The smallest absolute Gasteiger partial charge is 0.199 e. The molecular weight excluding hydrogens is 409 g/mol. The monoisotopic (exact) mass is 431 g/mol. The van der Waals surface area contributed by atoms with E-state index < -0.39 is 17.1 Å². The van der Waals surface area contributed by atoms with Crippen molar-refractivity contribution in [3.63, 3.8) is 0 Å². The summed E-state index contributed by atoms with van der Waals surface area (Å²) < 4.78 is 31.8. The average Bonchev–Trinajstić information content (AvgIpc) is 2.79. The van der Waals surface area contributed by atoms with E-state index in [1.54, 1.807) is 24.3 Å². The molecule has 3 nitrogen and oxygen atoms in total. The van der Waals surface area contributed by atoms with Crippen molar-refractivity contribution >= 4 is 33.0 Å². The first kappa shape index (κ1) is 20.3. The zero-order chi connectivity index (χ0) is 21.0. The van der Waals surface area contributed by atoms with E-state index in [0.717, 1.165) is 21.5 Å². The molecule has 0 amide bonds. The maximum atomic E-state index is 13.5. The van der Waals surface area contributed by atoms with E-state index in [0.29, 0.717) is 0 Å². The van der Waals surface area contributed by atoms with Crippen LogP contribution in [0, 0.1) is 6.92 Å². The highest BCUT2D eigenvalue weighted by Crippen LogP contribution is 2.48. The number of nitrogens with zero attached hydrogens (tertiary/aromatic N) is 1. The summed E-state index contributed by atoms with van der Waals surface area (Å²) in [6, 6.07) is 36.1. The van der Waals surface area contributed by atoms with Gasteiger partial charge in [-0.3, -0.25) is 0 Å². The molecule has 0 saturated carbocycles. The third-order valence-corrected chi connectivity index (χ3v) is 10.8. The largest absolute Gasteiger partial charge is 0.281 e. The van der Waals surface area contributed by atoms with Gasteiger partial charge in [0.15, 0.2) is 0 Å². The summed E-state index contributed by atoms with van der Waals surface area (Å²) in [5.74, 6) is 0. The lowest BCUT2D eigenvalue weighted by Gasteiger charge is -2.26. The van der Waals surface area contributed by atoms with Crippen molar-refractivity contribution in [1.29, 1.82) is 0 Å². The van der Waals surface area contributed by atoms with Crippen molar-refractivity contribution in [2.24, 2.45) is 4.15 Å². The topological polar surface area (TPSA) is 46.5 Å². The molecule has 0 heterocycles. The molecule has 0 aliphatic rings. The highest BCUT2D eigenvalue weighted by Gasteiger charge is 2.30. The quantitative estimate of drug-likeness (QED) is 0.424. The van der Waals surface area contributed by atoms with Crippen molar-refractivity contribution < 1.29 is 8.42 Å². The number of hydrogen-bond acceptors (Lipinski definition) is 2. The lowest BCUT2D eigenvalue weighted by Crippen LogP contribution is -2.26. The second kappa shape index (κ2) is 8.43. The Morgan fingerprint density at radius 2 is 0.933 bits per heavy atom.